The highest BCUT2D eigenvalue weighted by Crippen LogP contribution is 2.24. The number of anilines is 1. The number of carbonyl (C=O) groups is 2. The molecule has 1 N–H and O–H groups in total. The lowest BCUT2D eigenvalue weighted by Crippen LogP contribution is -2.21. The lowest BCUT2D eigenvalue weighted by Gasteiger charge is -2.11. The largest absolute Gasteiger partial charge is 0.345 e. The Hall–Kier alpha value is -2.93. The number of nitro benzene ring substituents is 1. The molecule has 2 amide bonds. The van der Waals surface area contributed by atoms with Gasteiger partial charge in [0.05, 0.1) is 4.92 Å². The van der Waals surface area contributed by atoms with Gasteiger partial charge in [0.1, 0.15) is 5.56 Å². The highest BCUT2D eigenvalue weighted by molar-refractivity contribution is 6.31. The zero-order valence-electron chi connectivity index (χ0n) is 12.9. The molecule has 0 aliphatic rings. The lowest BCUT2D eigenvalue weighted by atomic mass is 10.1. The van der Waals surface area contributed by atoms with Crippen LogP contribution in [0.5, 0.6) is 0 Å². The van der Waals surface area contributed by atoms with Gasteiger partial charge in [-0.15, -0.1) is 0 Å². The molecule has 8 heteroatoms. The average Bonchev–Trinajstić information content (AvgIpc) is 2.54. The molecule has 24 heavy (non-hydrogen) atoms. The third-order valence-electron chi connectivity index (χ3n) is 3.20. The molecule has 0 aromatic heterocycles. The minimum absolute atomic E-state index is 0.0992. The molecule has 7 nitrogen and oxygen atoms in total. The lowest BCUT2D eigenvalue weighted by molar-refractivity contribution is -0.385. The molecular weight excluding hydrogens is 334 g/mol. The van der Waals surface area contributed by atoms with E-state index >= 15 is 0 Å². The van der Waals surface area contributed by atoms with Crippen LogP contribution in [0.15, 0.2) is 42.5 Å². The van der Waals surface area contributed by atoms with Crippen LogP contribution in [0.4, 0.5) is 11.4 Å². The Morgan fingerprint density at radius 3 is 2.29 bits per heavy atom. The van der Waals surface area contributed by atoms with Crippen LogP contribution in [-0.2, 0) is 0 Å². The van der Waals surface area contributed by atoms with Crippen molar-refractivity contribution in [2.45, 2.75) is 0 Å². The van der Waals surface area contributed by atoms with Gasteiger partial charge in [0, 0.05) is 36.4 Å². The first-order chi connectivity index (χ1) is 11.3. The van der Waals surface area contributed by atoms with Crippen LogP contribution in [0.25, 0.3) is 0 Å². The molecule has 0 unspecified atom stereocenters. The van der Waals surface area contributed by atoms with Gasteiger partial charge in [0.2, 0.25) is 0 Å². The number of nitro groups is 1. The standard InChI is InChI=1S/C16H14ClN3O4/c1-19(2)16(22)10-3-6-12(7-4-10)18-15(21)13-8-5-11(17)9-14(13)20(23)24/h3-9H,1-2H3,(H,18,21). The molecule has 0 aliphatic heterocycles. The summed E-state index contributed by atoms with van der Waals surface area (Å²) < 4.78 is 0. The predicted molar refractivity (Wildman–Crippen MR) is 90.5 cm³/mol. The number of hydrogen-bond donors (Lipinski definition) is 1. The van der Waals surface area contributed by atoms with Crippen molar-refractivity contribution >= 4 is 34.8 Å². The fourth-order valence-corrected chi connectivity index (χ4v) is 2.17. The molecule has 124 valence electrons. The molecule has 0 saturated heterocycles. The highest BCUT2D eigenvalue weighted by atomic mass is 35.5. The van der Waals surface area contributed by atoms with Crippen LogP contribution >= 0.6 is 11.6 Å². The zero-order valence-corrected chi connectivity index (χ0v) is 13.7. The van der Waals surface area contributed by atoms with E-state index < -0.39 is 10.8 Å². The van der Waals surface area contributed by atoms with Crippen LogP contribution in [0.1, 0.15) is 20.7 Å². The molecule has 0 fully saturated rings. The number of amides is 2. The number of nitrogens with one attached hydrogen (secondary N) is 1. The topological polar surface area (TPSA) is 92.6 Å². The van der Waals surface area contributed by atoms with Gasteiger partial charge in [0.15, 0.2) is 0 Å². The third-order valence-corrected chi connectivity index (χ3v) is 3.43. The molecule has 0 saturated carbocycles. The first kappa shape index (κ1) is 17.4. The Bertz CT molecular complexity index is 803. The Balaban J connectivity index is 2.21. The first-order valence-corrected chi connectivity index (χ1v) is 7.24. The second-order valence-electron chi connectivity index (χ2n) is 5.15. The van der Waals surface area contributed by atoms with Gasteiger partial charge >= 0.3 is 0 Å². The van der Waals surface area contributed by atoms with Crippen molar-refractivity contribution in [3.8, 4) is 0 Å². The van der Waals surface area contributed by atoms with Crippen molar-refractivity contribution in [1.29, 1.82) is 0 Å². The Kier molecular flexibility index (Phi) is 5.15. The second kappa shape index (κ2) is 7.10. The van der Waals surface area contributed by atoms with Crippen LogP contribution in [0.2, 0.25) is 5.02 Å². The van der Waals surface area contributed by atoms with E-state index in [1.165, 1.54) is 17.0 Å². The van der Waals surface area contributed by atoms with E-state index in [0.717, 1.165) is 6.07 Å². The van der Waals surface area contributed by atoms with Crippen molar-refractivity contribution in [3.05, 3.63) is 68.7 Å². The summed E-state index contributed by atoms with van der Waals surface area (Å²) >= 11 is 5.73. The van der Waals surface area contributed by atoms with E-state index in [-0.39, 0.29) is 22.2 Å². The van der Waals surface area contributed by atoms with Crippen molar-refractivity contribution in [2.75, 3.05) is 19.4 Å². The average molecular weight is 348 g/mol. The summed E-state index contributed by atoms with van der Waals surface area (Å²) in [5, 5.41) is 13.8. The number of rotatable bonds is 4. The molecule has 0 bridgehead atoms. The summed E-state index contributed by atoms with van der Waals surface area (Å²) in [5.74, 6) is -0.800. The van der Waals surface area contributed by atoms with Crippen molar-refractivity contribution in [2.24, 2.45) is 0 Å². The summed E-state index contributed by atoms with van der Waals surface area (Å²) in [7, 11) is 3.27. The number of nitrogens with zero attached hydrogens (tertiary/aromatic N) is 2. The molecule has 0 aliphatic carbocycles. The predicted octanol–water partition coefficient (Wildman–Crippen LogP) is 3.20. The summed E-state index contributed by atoms with van der Waals surface area (Å²) in [6.45, 7) is 0. The second-order valence-corrected chi connectivity index (χ2v) is 5.59. The fourth-order valence-electron chi connectivity index (χ4n) is 2.00. The van der Waals surface area contributed by atoms with Crippen LogP contribution in [0.3, 0.4) is 0 Å². The molecule has 2 aromatic rings. The molecule has 2 rings (SSSR count). The zero-order chi connectivity index (χ0) is 17.9. The maximum Gasteiger partial charge on any atom is 0.283 e. The van der Waals surface area contributed by atoms with Gasteiger partial charge in [-0.25, -0.2) is 0 Å². The maximum absolute atomic E-state index is 12.2. The van der Waals surface area contributed by atoms with Crippen molar-refractivity contribution in [3.63, 3.8) is 0 Å². The molecule has 0 radical (unpaired) electrons. The van der Waals surface area contributed by atoms with E-state index in [1.54, 1.807) is 38.4 Å². The van der Waals surface area contributed by atoms with Crippen molar-refractivity contribution < 1.29 is 14.5 Å². The Labute approximate surface area is 143 Å². The summed E-state index contributed by atoms with van der Waals surface area (Å²) in [4.78, 5) is 35.9. The van der Waals surface area contributed by atoms with Crippen LogP contribution in [-0.4, -0.2) is 35.7 Å². The van der Waals surface area contributed by atoms with E-state index in [9.17, 15) is 19.7 Å². The van der Waals surface area contributed by atoms with Gasteiger partial charge in [-0.3, -0.25) is 19.7 Å². The Morgan fingerprint density at radius 2 is 1.75 bits per heavy atom. The summed E-state index contributed by atoms with van der Waals surface area (Å²) in [6.07, 6.45) is 0. The summed E-state index contributed by atoms with van der Waals surface area (Å²) in [5.41, 5.74) is 0.410. The van der Waals surface area contributed by atoms with Gasteiger partial charge in [-0.2, -0.15) is 0 Å². The minimum atomic E-state index is -0.667. The molecule has 2 aromatic carbocycles. The van der Waals surface area contributed by atoms with E-state index in [2.05, 4.69) is 5.32 Å². The SMILES string of the molecule is CN(C)C(=O)c1ccc(NC(=O)c2ccc(Cl)cc2[N+](=O)[O-])cc1. The first-order valence-electron chi connectivity index (χ1n) is 6.86. The quantitative estimate of drug-likeness (QED) is 0.679. The highest BCUT2D eigenvalue weighted by Gasteiger charge is 2.20. The summed E-state index contributed by atoms with van der Waals surface area (Å²) in [6, 6.07) is 10.0. The molecular formula is C16H14ClN3O4. The van der Waals surface area contributed by atoms with E-state index in [4.69, 9.17) is 11.6 Å². The smallest absolute Gasteiger partial charge is 0.283 e. The minimum Gasteiger partial charge on any atom is -0.345 e. The Morgan fingerprint density at radius 1 is 1.12 bits per heavy atom. The fraction of sp³-hybridized carbons (Fsp3) is 0.125. The van der Waals surface area contributed by atoms with E-state index in [0.29, 0.717) is 11.3 Å². The number of carbonyl (C=O) groups excluding carboxylic acids is 2. The van der Waals surface area contributed by atoms with Crippen LogP contribution < -0.4 is 5.32 Å². The number of benzene rings is 2. The van der Waals surface area contributed by atoms with Gasteiger partial charge in [0.25, 0.3) is 17.5 Å². The molecule has 0 heterocycles. The van der Waals surface area contributed by atoms with Crippen LogP contribution in [0, 0.1) is 10.1 Å². The monoisotopic (exact) mass is 347 g/mol. The number of halogens is 1. The molecule has 0 spiro atoms. The van der Waals surface area contributed by atoms with Gasteiger partial charge < -0.3 is 10.2 Å². The third kappa shape index (κ3) is 3.88. The van der Waals surface area contributed by atoms with Gasteiger partial charge in [-0.05, 0) is 36.4 Å². The van der Waals surface area contributed by atoms with E-state index in [1.807, 2.05) is 0 Å². The normalized spacial score (nSPS) is 10.1. The van der Waals surface area contributed by atoms with Crippen molar-refractivity contribution in [1.82, 2.24) is 4.90 Å². The number of hydrogen-bond acceptors (Lipinski definition) is 4. The molecule has 0 atom stereocenters. The van der Waals surface area contributed by atoms with Gasteiger partial charge in [-0.1, -0.05) is 11.6 Å². The maximum atomic E-state index is 12.2.